The summed E-state index contributed by atoms with van der Waals surface area (Å²) in [5, 5.41) is 0. The molecule has 0 bridgehead atoms. The fourth-order valence-electron chi connectivity index (χ4n) is 1.40. The molecule has 0 aliphatic heterocycles. The van der Waals surface area contributed by atoms with Crippen molar-refractivity contribution in [1.82, 2.24) is 0 Å². The largest absolute Gasteiger partial charge is 0.493 e. The summed E-state index contributed by atoms with van der Waals surface area (Å²) in [5.74, 6) is 0.325. The van der Waals surface area contributed by atoms with Crippen LogP contribution in [0.5, 0.6) is 5.75 Å². The molecular weight excluding hydrogens is 204 g/mol. The summed E-state index contributed by atoms with van der Waals surface area (Å²) < 4.78 is 5.52. The Morgan fingerprint density at radius 2 is 2.12 bits per heavy atom. The van der Waals surface area contributed by atoms with Crippen molar-refractivity contribution < 1.29 is 9.53 Å². The van der Waals surface area contributed by atoms with Crippen LogP contribution in [0.15, 0.2) is 18.2 Å². The second-order valence-corrected chi connectivity index (χ2v) is 3.91. The maximum Gasteiger partial charge on any atom is 0.234 e. The molecule has 1 aromatic rings. The minimum absolute atomic E-state index is 0.397. The van der Waals surface area contributed by atoms with E-state index in [1.54, 1.807) is 0 Å². The quantitative estimate of drug-likeness (QED) is 0.776. The van der Waals surface area contributed by atoms with Crippen LogP contribution in [0.4, 0.5) is 0 Å². The van der Waals surface area contributed by atoms with Crippen molar-refractivity contribution in [3.63, 3.8) is 0 Å². The average molecular weight is 222 g/mol. The predicted molar refractivity (Wildman–Crippen MR) is 63.2 cm³/mol. The Morgan fingerprint density at radius 1 is 1.44 bits per heavy atom. The molecule has 0 fully saturated rings. The van der Waals surface area contributed by atoms with Crippen LogP contribution >= 0.6 is 0 Å². The van der Waals surface area contributed by atoms with Crippen LogP contribution < -0.4 is 16.2 Å². The number of rotatable bonds is 5. The van der Waals surface area contributed by atoms with Crippen molar-refractivity contribution in [2.75, 3.05) is 6.61 Å². The first kappa shape index (κ1) is 12.5. The molecule has 4 N–H and O–H groups in total. The molecule has 0 saturated carbocycles. The molecule has 1 aromatic carbocycles. The van der Waals surface area contributed by atoms with Gasteiger partial charge in [0, 0.05) is 6.42 Å². The van der Waals surface area contributed by atoms with Gasteiger partial charge in [0.15, 0.2) is 0 Å². The van der Waals surface area contributed by atoms with E-state index in [2.05, 4.69) is 0 Å². The molecule has 1 atom stereocenters. The van der Waals surface area contributed by atoms with Gasteiger partial charge in [0.25, 0.3) is 0 Å². The first-order valence-corrected chi connectivity index (χ1v) is 5.25. The lowest BCUT2D eigenvalue weighted by atomic mass is 10.1. The highest BCUT2D eigenvalue weighted by atomic mass is 16.5. The third kappa shape index (κ3) is 3.55. The molecule has 0 radical (unpaired) electrons. The van der Waals surface area contributed by atoms with E-state index in [0.717, 1.165) is 11.3 Å². The van der Waals surface area contributed by atoms with Crippen molar-refractivity contribution in [2.24, 2.45) is 11.5 Å². The van der Waals surface area contributed by atoms with Crippen molar-refractivity contribution in [1.29, 1.82) is 0 Å². The number of amides is 1. The van der Waals surface area contributed by atoms with E-state index in [0.29, 0.717) is 13.0 Å². The summed E-state index contributed by atoms with van der Waals surface area (Å²) in [6.45, 7) is 4.41. The van der Waals surface area contributed by atoms with Crippen LogP contribution in [0.3, 0.4) is 0 Å². The van der Waals surface area contributed by atoms with Crippen molar-refractivity contribution in [2.45, 2.75) is 26.3 Å². The molecule has 88 valence electrons. The van der Waals surface area contributed by atoms with Crippen LogP contribution in [0.25, 0.3) is 0 Å². The number of nitrogens with two attached hydrogens (primary N) is 2. The fourth-order valence-corrected chi connectivity index (χ4v) is 1.40. The molecule has 0 saturated heterocycles. The van der Waals surface area contributed by atoms with Crippen LogP contribution in [0.2, 0.25) is 0 Å². The summed E-state index contributed by atoms with van der Waals surface area (Å²) >= 11 is 0. The lowest BCUT2D eigenvalue weighted by molar-refractivity contribution is -0.119. The number of hydrogen-bond acceptors (Lipinski definition) is 3. The zero-order valence-corrected chi connectivity index (χ0v) is 9.69. The SMILES string of the molecule is Cc1ccc(OCCC(N)C(N)=O)c(C)c1. The molecule has 1 amide bonds. The second-order valence-electron chi connectivity index (χ2n) is 3.91. The van der Waals surface area contributed by atoms with Gasteiger partial charge in [0.2, 0.25) is 5.91 Å². The first-order chi connectivity index (χ1) is 7.50. The summed E-state index contributed by atoms with van der Waals surface area (Å²) in [6.07, 6.45) is 0.433. The molecular formula is C12H18N2O2. The maximum atomic E-state index is 10.7. The molecule has 4 heteroatoms. The number of carbonyl (C=O) groups is 1. The van der Waals surface area contributed by atoms with Crippen LogP contribution in [-0.2, 0) is 4.79 Å². The Balaban J connectivity index is 2.46. The van der Waals surface area contributed by atoms with Crippen molar-refractivity contribution in [3.8, 4) is 5.75 Å². The minimum atomic E-state index is -0.634. The van der Waals surface area contributed by atoms with Gasteiger partial charge in [0.05, 0.1) is 12.6 Å². The van der Waals surface area contributed by atoms with Gasteiger partial charge in [-0.3, -0.25) is 4.79 Å². The number of aryl methyl sites for hydroxylation is 2. The molecule has 0 aromatic heterocycles. The van der Waals surface area contributed by atoms with E-state index in [9.17, 15) is 4.79 Å². The van der Waals surface area contributed by atoms with Crippen molar-refractivity contribution in [3.05, 3.63) is 29.3 Å². The summed E-state index contributed by atoms with van der Waals surface area (Å²) in [5.41, 5.74) is 12.8. The zero-order valence-electron chi connectivity index (χ0n) is 9.69. The van der Waals surface area contributed by atoms with Gasteiger partial charge in [-0.2, -0.15) is 0 Å². The molecule has 0 spiro atoms. The molecule has 4 nitrogen and oxygen atoms in total. The molecule has 1 rings (SSSR count). The highest BCUT2D eigenvalue weighted by molar-refractivity contribution is 5.79. The van der Waals surface area contributed by atoms with E-state index in [-0.39, 0.29) is 0 Å². The van der Waals surface area contributed by atoms with E-state index in [4.69, 9.17) is 16.2 Å². The van der Waals surface area contributed by atoms with Crippen LogP contribution in [0.1, 0.15) is 17.5 Å². The van der Waals surface area contributed by atoms with Gasteiger partial charge in [-0.25, -0.2) is 0 Å². The Morgan fingerprint density at radius 3 is 2.69 bits per heavy atom. The highest BCUT2D eigenvalue weighted by Gasteiger charge is 2.09. The molecule has 1 unspecified atom stereocenters. The van der Waals surface area contributed by atoms with Gasteiger partial charge in [-0.1, -0.05) is 17.7 Å². The zero-order chi connectivity index (χ0) is 12.1. The summed E-state index contributed by atoms with van der Waals surface area (Å²) in [6, 6.07) is 5.31. The molecule has 0 heterocycles. The smallest absolute Gasteiger partial charge is 0.234 e. The molecule has 0 aliphatic rings. The number of ether oxygens (including phenoxy) is 1. The topological polar surface area (TPSA) is 78.3 Å². The standard InChI is InChI=1S/C12H18N2O2/c1-8-3-4-11(9(2)7-8)16-6-5-10(13)12(14)15/h3-4,7,10H,5-6,13H2,1-2H3,(H2,14,15). The van der Waals surface area contributed by atoms with E-state index in [1.165, 1.54) is 5.56 Å². The summed E-state index contributed by atoms with van der Waals surface area (Å²) in [4.78, 5) is 10.7. The van der Waals surface area contributed by atoms with Gasteiger partial charge < -0.3 is 16.2 Å². The average Bonchev–Trinajstić information content (AvgIpc) is 2.20. The van der Waals surface area contributed by atoms with E-state index < -0.39 is 11.9 Å². The van der Waals surface area contributed by atoms with Crippen LogP contribution in [0, 0.1) is 13.8 Å². The van der Waals surface area contributed by atoms with Gasteiger partial charge in [-0.05, 0) is 25.5 Å². The second kappa shape index (κ2) is 5.51. The van der Waals surface area contributed by atoms with Gasteiger partial charge in [-0.15, -0.1) is 0 Å². The van der Waals surface area contributed by atoms with E-state index in [1.807, 2.05) is 32.0 Å². The fraction of sp³-hybridized carbons (Fsp3) is 0.417. The van der Waals surface area contributed by atoms with Crippen LogP contribution in [-0.4, -0.2) is 18.6 Å². The monoisotopic (exact) mass is 222 g/mol. The van der Waals surface area contributed by atoms with E-state index >= 15 is 0 Å². The molecule has 0 aliphatic carbocycles. The third-order valence-electron chi connectivity index (χ3n) is 2.38. The number of benzene rings is 1. The maximum absolute atomic E-state index is 10.7. The Bertz CT molecular complexity index is 377. The summed E-state index contributed by atoms with van der Waals surface area (Å²) in [7, 11) is 0. The Labute approximate surface area is 95.6 Å². The Kier molecular flexibility index (Phi) is 4.31. The lowest BCUT2D eigenvalue weighted by Gasteiger charge is -2.11. The van der Waals surface area contributed by atoms with Crippen molar-refractivity contribution >= 4 is 5.91 Å². The van der Waals surface area contributed by atoms with Gasteiger partial charge >= 0.3 is 0 Å². The first-order valence-electron chi connectivity index (χ1n) is 5.25. The Hall–Kier alpha value is -1.55. The predicted octanol–water partition coefficient (Wildman–Crippen LogP) is 0.885. The molecule has 16 heavy (non-hydrogen) atoms. The highest BCUT2D eigenvalue weighted by Crippen LogP contribution is 2.18. The third-order valence-corrected chi connectivity index (χ3v) is 2.38. The number of hydrogen-bond donors (Lipinski definition) is 2. The number of primary amides is 1. The minimum Gasteiger partial charge on any atom is -0.493 e. The lowest BCUT2D eigenvalue weighted by Crippen LogP contribution is -2.37. The number of carbonyl (C=O) groups excluding carboxylic acids is 1. The van der Waals surface area contributed by atoms with Gasteiger partial charge in [0.1, 0.15) is 5.75 Å². The normalized spacial score (nSPS) is 12.2.